The maximum atomic E-state index is 5.43. The fraction of sp³-hybridized carbons (Fsp3) is 1.00. The van der Waals surface area contributed by atoms with E-state index < -0.39 is 0 Å². The maximum absolute atomic E-state index is 5.43. The van der Waals surface area contributed by atoms with Crippen LogP contribution in [-0.2, 0) is 4.74 Å². The van der Waals surface area contributed by atoms with Gasteiger partial charge in [0.1, 0.15) is 0 Å². The van der Waals surface area contributed by atoms with Crippen LogP contribution in [0.15, 0.2) is 0 Å². The van der Waals surface area contributed by atoms with Gasteiger partial charge in [-0.05, 0) is 43.9 Å². The Morgan fingerprint density at radius 2 is 1.80 bits per heavy atom. The number of hydrogen-bond donors (Lipinski definition) is 0. The molecule has 0 heterocycles. The van der Waals surface area contributed by atoms with Gasteiger partial charge in [0.05, 0.1) is 6.10 Å². The highest BCUT2D eigenvalue weighted by atomic mass is 16.5. The molecule has 3 aliphatic carbocycles. The van der Waals surface area contributed by atoms with Crippen LogP contribution in [0.4, 0.5) is 0 Å². The van der Waals surface area contributed by atoms with Gasteiger partial charge in [-0.1, -0.05) is 0 Å². The highest BCUT2D eigenvalue weighted by Crippen LogP contribution is 2.42. The lowest BCUT2D eigenvalue weighted by molar-refractivity contribution is -0.0288. The van der Waals surface area contributed by atoms with Crippen molar-refractivity contribution >= 4 is 0 Å². The molecule has 0 N–H and O–H groups in total. The predicted octanol–water partition coefficient (Wildman–Crippen LogP) is 2.21. The number of methoxy groups -OCH3 is 1. The van der Waals surface area contributed by atoms with Crippen LogP contribution in [0.3, 0.4) is 0 Å². The summed E-state index contributed by atoms with van der Waals surface area (Å²) in [5.74, 6) is 1.92. The Kier molecular flexibility index (Phi) is 1.69. The van der Waals surface area contributed by atoms with Crippen LogP contribution in [0.25, 0.3) is 0 Å². The molecule has 0 aliphatic heterocycles. The van der Waals surface area contributed by atoms with Crippen molar-refractivity contribution in [2.45, 2.75) is 38.2 Å². The van der Waals surface area contributed by atoms with E-state index in [4.69, 9.17) is 4.74 Å². The maximum Gasteiger partial charge on any atom is 0.0602 e. The smallest absolute Gasteiger partial charge is 0.0602 e. The van der Waals surface area contributed by atoms with E-state index in [2.05, 4.69) is 0 Å². The Morgan fingerprint density at radius 1 is 1.10 bits per heavy atom. The van der Waals surface area contributed by atoms with Gasteiger partial charge in [0.15, 0.2) is 0 Å². The predicted molar refractivity (Wildman–Crippen MR) is 40.9 cm³/mol. The van der Waals surface area contributed by atoms with Crippen molar-refractivity contribution in [3.63, 3.8) is 0 Å². The Morgan fingerprint density at radius 3 is 2.10 bits per heavy atom. The summed E-state index contributed by atoms with van der Waals surface area (Å²) in [4.78, 5) is 0. The lowest BCUT2D eigenvalue weighted by Crippen LogP contribution is -2.36. The Labute approximate surface area is 62.8 Å². The molecule has 1 nitrogen and oxygen atoms in total. The summed E-state index contributed by atoms with van der Waals surface area (Å²) in [6.45, 7) is 0. The first kappa shape index (κ1) is 6.66. The van der Waals surface area contributed by atoms with Crippen LogP contribution in [0.1, 0.15) is 32.1 Å². The van der Waals surface area contributed by atoms with E-state index in [1.165, 1.54) is 32.1 Å². The lowest BCUT2D eigenvalue weighted by Gasteiger charge is -2.41. The van der Waals surface area contributed by atoms with Crippen molar-refractivity contribution in [3.05, 3.63) is 0 Å². The molecule has 1 atom stereocenters. The monoisotopic (exact) mass is 140 g/mol. The standard InChI is InChI=1S/C9H16O/c1-10-9-6-7-2-4-8(9)5-3-7/h7-9H,2-6H2,1H3. The van der Waals surface area contributed by atoms with Gasteiger partial charge in [0.2, 0.25) is 0 Å². The summed E-state index contributed by atoms with van der Waals surface area (Å²) in [7, 11) is 1.87. The first-order chi connectivity index (χ1) is 4.90. The normalized spacial score (nSPS) is 45.9. The molecule has 3 fully saturated rings. The highest BCUT2D eigenvalue weighted by Gasteiger charge is 2.35. The summed E-state index contributed by atoms with van der Waals surface area (Å²) in [6.07, 6.45) is 7.79. The molecule has 3 aliphatic rings. The van der Waals surface area contributed by atoms with Gasteiger partial charge in [-0.15, -0.1) is 0 Å². The summed E-state index contributed by atoms with van der Waals surface area (Å²) < 4.78 is 5.43. The van der Waals surface area contributed by atoms with Crippen LogP contribution in [-0.4, -0.2) is 13.2 Å². The summed E-state index contributed by atoms with van der Waals surface area (Å²) >= 11 is 0. The molecule has 0 spiro atoms. The third-order valence-electron chi connectivity index (χ3n) is 3.29. The molecule has 1 heteroatoms. The second-order valence-corrected chi connectivity index (χ2v) is 3.79. The summed E-state index contributed by atoms with van der Waals surface area (Å²) in [6, 6.07) is 0. The van der Waals surface area contributed by atoms with E-state index in [1.807, 2.05) is 7.11 Å². The average molecular weight is 140 g/mol. The van der Waals surface area contributed by atoms with Crippen molar-refractivity contribution in [3.8, 4) is 0 Å². The Balaban J connectivity index is 2.01. The van der Waals surface area contributed by atoms with E-state index >= 15 is 0 Å². The second-order valence-electron chi connectivity index (χ2n) is 3.79. The van der Waals surface area contributed by atoms with Gasteiger partial charge in [-0.3, -0.25) is 0 Å². The van der Waals surface area contributed by atoms with Gasteiger partial charge >= 0.3 is 0 Å². The summed E-state index contributed by atoms with van der Waals surface area (Å²) in [5.41, 5.74) is 0. The van der Waals surface area contributed by atoms with E-state index in [0.717, 1.165) is 11.8 Å². The zero-order valence-corrected chi connectivity index (χ0v) is 6.68. The fourth-order valence-electron chi connectivity index (χ4n) is 2.61. The number of ether oxygens (including phenoxy) is 1. The topological polar surface area (TPSA) is 9.23 Å². The van der Waals surface area contributed by atoms with Crippen LogP contribution in [0, 0.1) is 11.8 Å². The van der Waals surface area contributed by atoms with E-state index in [9.17, 15) is 0 Å². The molecule has 2 bridgehead atoms. The van der Waals surface area contributed by atoms with E-state index in [0.29, 0.717) is 6.10 Å². The van der Waals surface area contributed by atoms with Crippen LogP contribution in [0.2, 0.25) is 0 Å². The van der Waals surface area contributed by atoms with Gasteiger partial charge in [0.25, 0.3) is 0 Å². The van der Waals surface area contributed by atoms with Crippen molar-refractivity contribution in [2.75, 3.05) is 7.11 Å². The minimum Gasteiger partial charge on any atom is -0.381 e. The van der Waals surface area contributed by atoms with Gasteiger partial charge < -0.3 is 4.74 Å². The highest BCUT2D eigenvalue weighted by molar-refractivity contribution is 4.86. The number of fused-ring (bicyclic) bond motifs is 3. The van der Waals surface area contributed by atoms with Crippen molar-refractivity contribution < 1.29 is 4.74 Å². The first-order valence-electron chi connectivity index (χ1n) is 4.43. The third kappa shape index (κ3) is 0.968. The molecule has 0 radical (unpaired) electrons. The second kappa shape index (κ2) is 2.54. The summed E-state index contributed by atoms with van der Waals surface area (Å²) in [5, 5.41) is 0. The van der Waals surface area contributed by atoms with Crippen molar-refractivity contribution in [1.29, 1.82) is 0 Å². The molecule has 3 saturated carbocycles. The molecule has 58 valence electrons. The van der Waals surface area contributed by atoms with Crippen molar-refractivity contribution in [1.82, 2.24) is 0 Å². The molecule has 10 heavy (non-hydrogen) atoms. The minimum absolute atomic E-state index is 0.618. The van der Waals surface area contributed by atoms with E-state index in [1.54, 1.807) is 0 Å². The lowest BCUT2D eigenvalue weighted by atomic mass is 9.69. The first-order valence-corrected chi connectivity index (χ1v) is 4.43. The number of rotatable bonds is 1. The third-order valence-corrected chi connectivity index (χ3v) is 3.29. The molecule has 3 rings (SSSR count). The zero-order chi connectivity index (χ0) is 6.97. The zero-order valence-electron chi connectivity index (χ0n) is 6.68. The molecule has 0 amide bonds. The van der Waals surface area contributed by atoms with Gasteiger partial charge in [0, 0.05) is 7.11 Å². The molecular weight excluding hydrogens is 124 g/mol. The number of hydrogen-bond acceptors (Lipinski definition) is 1. The van der Waals surface area contributed by atoms with Gasteiger partial charge in [-0.2, -0.15) is 0 Å². The fourth-order valence-corrected chi connectivity index (χ4v) is 2.61. The largest absolute Gasteiger partial charge is 0.381 e. The Hall–Kier alpha value is -0.0400. The average Bonchev–Trinajstić information content (AvgIpc) is 2.06. The van der Waals surface area contributed by atoms with Crippen LogP contribution in [0.5, 0.6) is 0 Å². The quantitative estimate of drug-likeness (QED) is 0.542. The van der Waals surface area contributed by atoms with Gasteiger partial charge in [-0.25, -0.2) is 0 Å². The SMILES string of the molecule is COC1CC2CCC1CC2. The molecule has 0 aromatic heterocycles. The minimum atomic E-state index is 0.618. The molecule has 0 aromatic carbocycles. The molecule has 0 saturated heterocycles. The molecule has 1 unspecified atom stereocenters. The van der Waals surface area contributed by atoms with Crippen molar-refractivity contribution in [2.24, 2.45) is 11.8 Å². The molecular formula is C9H16O. The Bertz CT molecular complexity index is 114. The van der Waals surface area contributed by atoms with Crippen LogP contribution < -0.4 is 0 Å². The van der Waals surface area contributed by atoms with Crippen LogP contribution >= 0.6 is 0 Å². The molecule has 0 aromatic rings. The van der Waals surface area contributed by atoms with E-state index in [-0.39, 0.29) is 0 Å².